The van der Waals surface area contributed by atoms with Crippen LogP contribution in [0.15, 0.2) is 65.3 Å². The van der Waals surface area contributed by atoms with E-state index >= 15 is 0 Å². The van der Waals surface area contributed by atoms with Gasteiger partial charge >= 0.3 is 0 Å². The number of hydrogen-bond donors (Lipinski definition) is 1. The zero-order valence-corrected chi connectivity index (χ0v) is 19.8. The van der Waals surface area contributed by atoms with Gasteiger partial charge in [-0.25, -0.2) is 4.98 Å². The molecule has 178 valence electrons. The highest BCUT2D eigenvalue weighted by molar-refractivity contribution is 7.22. The molecular formula is C26H24N4O4S. The van der Waals surface area contributed by atoms with Crippen LogP contribution in [0, 0.1) is 0 Å². The first-order valence-electron chi connectivity index (χ1n) is 11.6. The smallest absolute Gasteiger partial charge is 0.290 e. The van der Waals surface area contributed by atoms with Gasteiger partial charge in [0.15, 0.2) is 10.9 Å². The molecule has 0 bridgehead atoms. The summed E-state index contributed by atoms with van der Waals surface area (Å²) in [5.74, 6) is -0.293. The summed E-state index contributed by atoms with van der Waals surface area (Å²) in [4.78, 5) is 35.2. The Morgan fingerprint density at radius 3 is 2.66 bits per heavy atom. The fourth-order valence-electron chi connectivity index (χ4n) is 4.62. The van der Waals surface area contributed by atoms with Crippen LogP contribution in [0.5, 0.6) is 0 Å². The fourth-order valence-corrected chi connectivity index (χ4v) is 5.67. The average molecular weight is 489 g/mol. The number of anilines is 2. The topological polar surface area (TPSA) is 87.9 Å². The first-order chi connectivity index (χ1) is 17.2. The van der Waals surface area contributed by atoms with Crippen LogP contribution in [0.1, 0.15) is 21.7 Å². The number of carbonyl (C=O) groups is 2. The number of furan rings is 1. The van der Waals surface area contributed by atoms with Crippen molar-refractivity contribution < 1.29 is 18.7 Å². The van der Waals surface area contributed by atoms with E-state index in [1.165, 1.54) is 6.26 Å². The predicted molar refractivity (Wildman–Crippen MR) is 134 cm³/mol. The summed E-state index contributed by atoms with van der Waals surface area (Å²) < 4.78 is 11.8. The van der Waals surface area contributed by atoms with E-state index < -0.39 is 6.04 Å². The normalized spacial score (nSPS) is 17.9. The molecule has 9 heteroatoms. The van der Waals surface area contributed by atoms with Crippen molar-refractivity contribution in [1.29, 1.82) is 0 Å². The zero-order chi connectivity index (χ0) is 23.8. The van der Waals surface area contributed by atoms with Gasteiger partial charge < -0.3 is 24.3 Å². The molecule has 6 rings (SSSR count). The predicted octanol–water partition coefficient (Wildman–Crippen LogP) is 3.93. The van der Waals surface area contributed by atoms with Crippen molar-refractivity contribution in [1.82, 2.24) is 9.88 Å². The lowest BCUT2D eigenvalue weighted by molar-refractivity contribution is -0.121. The summed E-state index contributed by atoms with van der Waals surface area (Å²) >= 11 is 1.61. The monoisotopic (exact) mass is 488 g/mol. The van der Waals surface area contributed by atoms with E-state index in [4.69, 9.17) is 14.1 Å². The Balaban J connectivity index is 1.25. The Morgan fingerprint density at radius 2 is 1.86 bits per heavy atom. The standard InChI is InChI=1S/C26H24N4O4S/c31-24(27-19-7-8-20-23(15-19)35-26(28-20)29-9-12-33-13-10-29)21-14-17-4-1-2-5-18(17)16-30(21)25(32)22-6-3-11-34-22/h1-8,11,15,21H,9-10,12-14,16H2,(H,27,31)/t21-/m1/s1. The number of amides is 2. The second-order valence-electron chi connectivity index (χ2n) is 8.67. The van der Waals surface area contributed by atoms with Crippen LogP contribution >= 0.6 is 11.3 Å². The van der Waals surface area contributed by atoms with Crippen LogP contribution in [-0.2, 0) is 22.5 Å². The number of ether oxygens (including phenoxy) is 1. The second kappa shape index (κ2) is 9.16. The number of morpholine rings is 1. The van der Waals surface area contributed by atoms with Gasteiger partial charge in [0.05, 0.1) is 29.7 Å². The highest BCUT2D eigenvalue weighted by atomic mass is 32.1. The molecule has 0 spiro atoms. The van der Waals surface area contributed by atoms with Crippen LogP contribution in [0.3, 0.4) is 0 Å². The lowest BCUT2D eigenvalue weighted by Crippen LogP contribution is -2.50. The third-order valence-corrected chi connectivity index (χ3v) is 7.55. The lowest BCUT2D eigenvalue weighted by atomic mass is 9.93. The molecule has 0 unspecified atom stereocenters. The van der Waals surface area contributed by atoms with E-state index in [-0.39, 0.29) is 17.6 Å². The number of thiazole rings is 1. The Morgan fingerprint density at radius 1 is 1.03 bits per heavy atom. The summed E-state index contributed by atoms with van der Waals surface area (Å²) in [6.07, 6.45) is 1.91. The van der Waals surface area contributed by atoms with Crippen LogP contribution in [-0.4, -0.2) is 54.0 Å². The molecular weight excluding hydrogens is 464 g/mol. The Hall–Kier alpha value is -3.69. The number of fused-ring (bicyclic) bond motifs is 2. The number of aromatic nitrogens is 1. The summed E-state index contributed by atoms with van der Waals surface area (Å²) in [5, 5.41) is 4.00. The minimum Gasteiger partial charge on any atom is -0.459 e. The van der Waals surface area contributed by atoms with Crippen molar-refractivity contribution in [2.45, 2.75) is 19.0 Å². The van der Waals surface area contributed by atoms with Gasteiger partial charge in [0.1, 0.15) is 6.04 Å². The molecule has 0 radical (unpaired) electrons. The fraction of sp³-hybridized carbons (Fsp3) is 0.269. The van der Waals surface area contributed by atoms with Crippen molar-refractivity contribution in [3.8, 4) is 0 Å². The van der Waals surface area contributed by atoms with E-state index in [2.05, 4.69) is 10.2 Å². The summed E-state index contributed by atoms with van der Waals surface area (Å²) in [7, 11) is 0. The molecule has 4 aromatic rings. The van der Waals surface area contributed by atoms with Gasteiger partial charge in [-0.3, -0.25) is 9.59 Å². The molecule has 1 saturated heterocycles. The van der Waals surface area contributed by atoms with E-state index in [1.807, 2.05) is 42.5 Å². The van der Waals surface area contributed by atoms with Gasteiger partial charge in [0.25, 0.3) is 5.91 Å². The minimum atomic E-state index is -0.649. The van der Waals surface area contributed by atoms with E-state index in [1.54, 1.807) is 28.4 Å². The van der Waals surface area contributed by atoms with E-state index in [9.17, 15) is 9.59 Å². The molecule has 1 atom stereocenters. The molecule has 0 aliphatic carbocycles. The van der Waals surface area contributed by atoms with Gasteiger partial charge in [0, 0.05) is 31.7 Å². The van der Waals surface area contributed by atoms with Gasteiger partial charge in [0.2, 0.25) is 5.91 Å². The average Bonchev–Trinajstić information content (AvgIpc) is 3.58. The van der Waals surface area contributed by atoms with Gasteiger partial charge in [-0.05, 0) is 41.5 Å². The van der Waals surface area contributed by atoms with E-state index in [0.717, 1.165) is 39.6 Å². The van der Waals surface area contributed by atoms with Crippen LogP contribution < -0.4 is 10.2 Å². The number of nitrogens with zero attached hydrogens (tertiary/aromatic N) is 3. The highest BCUT2D eigenvalue weighted by Crippen LogP contribution is 2.32. The highest BCUT2D eigenvalue weighted by Gasteiger charge is 2.36. The van der Waals surface area contributed by atoms with Crippen molar-refractivity contribution in [2.75, 3.05) is 36.5 Å². The van der Waals surface area contributed by atoms with E-state index in [0.29, 0.717) is 31.9 Å². The molecule has 8 nitrogen and oxygen atoms in total. The van der Waals surface area contributed by atoms with Crippen LogP contribution in [0.25, 0.3) is 10.2 Å². The minimum absolute atomic E-state index is 0.225. The third kappa shape index (κ3) is 4.28. The number of benzene rings is 2. The van der Waals surface area contributed by atoms with Crippen LogP contribution in [0.4, 0.5) is 10.8 Å². The molecule has 2 aliphatic heterocycles. The summed E-state index contributed by atoms with van der Waals surface area (Å²) in [6.45, 7) is 3.41. The number of carbonyl (C=O) groups excluding carboxylic acids is 2. The quantitative estimate of drug-likeness (QED) is 0.468. The van der Waals surface area contributed by atoms with Gasteiger partial charge in [-0.2, -0.15) is 0 Å². The molecule has 1 N–H and O–H groups in total. The van der Waals surface area contributed by atoms with Crippen molar-refractivity contribution in [2.24, 2.45) is 0 Å². The Bertz CT molecular complexity index is 1380. The molecule has 2 aromatic carbocycles. The SMILES string of the molecule is O=C(Nc1ccc2nc(N3CCOCC3)sc2c1)[C@H]1Cc2ccccc2CN1C(=O)c1ccco1. The van der Waals surface area contributed by atoms with Crippen molar-refractivity contribution in [3.63, 3.8) is 0 Å². The van der Waals surface area contributed by atoms with Gasteiger partial charge in [-0.1, -0.05) is 35.6 Å². The lowest BCUT2D eigenvalue weighted by Gasteiger charge is -2.35. The molecule has 1 fully saturated rings. The zero-order valence-electron chi connectivity index (χ0n) is 19.0. The Labute approximate surface area is 206 Å². The molecule has 0 saturated carbocycles. The van der Waals surface area contributed by atoms with Crippen molar-refractivity contribution in [3.05, 3.63) is 77.7 Å². The van der Waals surface area contributed by atoms with Crippen molar-refractivity contribution >= 4 is 44.2 Å². The molecule has 2 aromatic heterocycles. The molecule has 35 heavy (non-hydrogen) atoms. The molecule has 4 heterocycles. The largest absolute Gasteiger partial charge is 0.459 e. The maximum Gasteiger partial charge on any atom is 0.290 e. The third-order valence-electron chi connectivity index (χ3n) is 6.47. The second-order valence-corrected chi connectivity index (χ2v) is 9.68. The maximum atomic E-state index is 13.5. The van der Waals surface area contributed by atoms with Gasteiger partial charge in [-0.15, -0.1) is 0 Å². The first-order valence-corrected chi connectivity index (χ1v) is 12.4. The molecule has 2 amide bonds. The number of nitrogens with one attached hydrogen (secondary N) is 1. The maximum absolute atomic E-state index is 13.5. The van der Waals surface area contributed by atoms with Crippen LogP contribution in [0.2, 0.25) is 0 Å². The molecule has 2 aliphatic rings. The summed E-state index contributed by atoms with van der Waals surface area (Å²) in [5.41, 5.74) is 3.70. The first kappa shape index (κ1) is 21.8. The summed E-state index contributed by atoms with van der Waals surface area (Å²) in [6, 6.07) is 16.3. The number of hydrogen-bond acceptors (Lipinski definition) is 7. The number of rotatable bonds is 4. The Kier molecular flexibility index (Phi) is 5.71.